The van der Waals surface area contributed by atoms with E-state index in [4.69, 9.17) is 0 Å². The Bertz CT molecular complexity index is 142. The van der Waals surface area contributed by atoms with Crippen molar-refractivity contribution < 1.29 is 4.48 Å². The molecule has 0 fully saturated rings. The van der Waals surface area contributed by atoms with Crippen LogP contribution in [0.2, 0.25) is 0 Å². The second kappa shape index (κ2) is 2.62. The molecule has 0 aromatic heterocycles. The first kappa shape index (κ1) is 7.61. The smallest absolute Gasteiger partial charge is 0.158 e. The third kappa shape index (κ3) is 1.51. The summed E-state index contributed by atoms with van der Waals surface area (Å²) in [7, 11) is 4.39. The predicted octanol–water partition coefficient (Wildman–Crippen LogP) is 1.22. The summed E-state index contributed by atoms with van der Waals surface area (Å²) in [4.78, 5) is 2.23. The van der Waals surface area contributed by atoms with E-state index < -0.39 is 0 Å². The molecule has 1 atom stereocenters. The highest BCUT2D eigenvalue weighted by Crippen LogP contribution is 2.13. The van der Waals surface area contributed by atoms with Gasteiger partial charge < -0.3 is 4.90 Å². The minimum atomic E-state index is 1.08. The minimum absolute atomic E-state index is 1.08. The van der Waals surface area contributed by atoms with E-state index in [1.54, 1.807) is 0 Å². The fourth-order valence-corrected chi connectivity index (χ4v) is 1.53. The van der Waals surface area contributed by atoms with Crippen LogP contribution in [0.25, 0.3) is 0 Å². The maximum Gasteiger partial charge on any atom is 0.158 e. The molecule has 1 aliphatic rings. The lowest BCUT2D eigenvalue weighted by atomic mass is 10.4. The number of hydrogen-bond acceptors (Lipinski definition) is 1. The highest BCUT2D eigenvalue weighted by molar-refractivity contribution is 4.78. The van der Waals surface area contributed by atoms with Crippen molar-refractivity contribution in [2.75, 3.05) is 27.3 Å². The quantitative estimate of drug-likeness (QED) is 0.523. The maximum atomic E-state index is 2.27. The number of nitrogens with zero attached hydrogens (tertiary/aromatic N) is 2. The van der Waals surface area contributed by atoms with E-state index in [-0.39, 0.29) is 0 Å². The Labute approximate surface area is 63.3 Å². The highest BCUT2D eigenvalue weighted by atomic mass is 15.4. The molecule has 2 nitrogen and oxygen atoms in total. The molecule has 1 rings (SSSR count). The zero-order valence-electron chi connectivity index (χ0n) is 7.17. The summed E-state index contributed by atoms with van der Waals surface area (Å²) in [6, 6.07) is 0. The van der Waals surface area contributed by atoms with Crippen molar-refractivity contribution in [2.24, 2.45) is 0 Å². The van der Waals surface area contributed by atoms with Crippen molar-refractivity contribution in [2.45, 2.75) is 13.3 Å². The third-order valence-electron chi connectivity index (χ3n) is 1.96. The van der Waals surface area contributed by atoms with Crippen LogP contribution in [0.5, 0.6) is 0 Å². The molecule has 0 aromatic rings. The van der Waals surface area contributed by atoms with Gasteiger partial charge in [0.15, 0.2) is 6.67 Å². The molecular weight excluding hydrogens is 124 g/mol. The Morgan fingerprint density at radius 1 is 1.60 bits per heavy atom. The van der Waals surface area contributed by atoms with Crippen molar-refractivity contribution in [3.8, 4) is 0 Å². The molecule has 10 heavy (non-hydrogen) atoms. The minimum Gasteiger partial charge on any atom is -0.329 e. The van der Waals surface area contributed by atoms with E-state index in [0.29, 0.717) is 0 Å². The normalized spacial score (nSPS) is 31.7. The van der Waals surface area contributed by atoms with Crippen LogP contribution < -0.4 is 0 Å². The molecule has 0 aromatic carbocycles. The van der Waals surface area contributed by atoms with Crippen LogP contribution >= 0.6 is 0 Å². The molecule has 2 heteroatoms. The average molecular weight is 141 g/mol. The van der Waals surface area contributed by atoms with Crippen LogP contribution in [0.4, 0.5) is 0 Å². The molecule has 1 heterocycles. The largest absolute Gasteiger partial charge is 0.329 e. The molecule has 58 valence electrons. The fraction of sp³-hybridized carbons (Fsp3) is 0.750. The lowest BCUT2D eigenvalue weighted by Crippen LogP contribution is -2.40. The Morgan fingerprint density at radius 2 is 2.30 bits per heavy atom. The lowest BCUT2D eigenvalue weighted by molar-refractivity contribution is -0.861. The molecule has 1 unspecified atom stereocenters. The van der Waals surface area contributed by atoms with Crippen LogP contribution in [0.1, 0.15) is 13.3 Å². The molecule has 0 saturated heterocycles. The molecule has 0 aliphatic carbocycles. The Kier molecular flexibility index (Phi) is 2.00. The first-order valence-corrected chi connectivity index (χ1v) is 3.90. The summed E-state index contributed by atoms with van der Waals surface area (Å²) in [5.74, 6) is 0. The Hall–Kier alpha value is -0.500. The first-order chi connectivity index (χ1) is 4.66. The van der Waals surface area contributed by atoms with Gasteiger partial charge in [-0.15, -0.1) is 0 Å². The summed E-state index contributed by atoms with van der Waals surface area (Å²) in [6.45, 7) is 4.62. The molecular formula is C8H17N2+. The van der Waals surface area contributed by atoms with Gasteiger partial charge in [-0.05, 0) is 6.42 Å². The van der Waals surface area contributed by atoms with Crippen molar-refractivity contribution in [1.29, 1.82) is 0 Å². The third-order valence-corrected chi connectivity index (χ3v) is 1.96. The zero-order valence-corrected chi connectivity index (χ0v) is 7.17. The van der Waals surface area contributed by atoms with Gasteiger partial charge in [-0.1, -0.05) is 6.92 Å². The standard InChI is InChI=1S/C8H17N2/c1-4-6-10(3)7-5-9(2)8-10/h5,7H,4,6,8H2,1-3H3/q+1. The number of rotatable bonds is 2. The maximum absolute atomic E-state index is 2.27. The first-order valence-electron chi connectivity index (χ1n) is 3.90. The van der Waals surface area contributed by atoms with E-state index in [0.717, 1.165) is 11.2 Å². The van der Waals surface area contributed by atoms with Gasteiger partial charge in [0, 0.05) is 7.05 Å². The Balaban J connectivity index is 2.48. The lowest BCUT2D eigenvalue weighted by Gasteiger charge is -2.26. The van der Waals surface area contributed by atoms with Gasteiger partial charge in [0.25, 0.3) is 0 Å². The molecule has 0 saturated carbocycles. The average Bonchev–Trinajstić information content (AvgIpc) is 2.12. The van der Waals surface area contributed by atoms with Crippen LogP contribution in [-0.4, -0.2) is 36.7 Å². The summed E-state index contributed by atoms with van der Waals surface area (Å²) >= 11 is 0. The number of quaternary nitrogens is 1. The van der Waals surface area contributed by atoms with Crippen LogP contribution in [0, 0.1) is 0 Å². The monoisotopic (exact) mass is 141 g/mol. The summed E-state index contributed by atoms with van der Waals surface area (Å²) in [6.07, 6.45) is 5.69. The Morgan fingerprint density at radius 3 is 2.70 bits per heavy atom. The van der Waals surface area contributed by atoms with Gasteiger partial charge in [0.05, 0.1) is 19.8 Å². The van der Waals surface area contributed by atoms with E-state index >= 15 is 0 Å². The number of hydrogen-bond donors (Lipinski definition) is 0. The van der Waals surface area contributed by atoms with Crippen LogP contribution in [0.15, 0.2) is 12.4 Å². The molecule has 0 bridgehead atoms. The summed E-state index contributed by atoms with van der Waals surface area (Å²) in [5, 5.41) is 0. The van der Waals surface area contributed by atoms with Gasteiger partial charge in [0.2, 0.25) is 0 Å². The van der Waals surface area contributed by atoms with Gasteiger partial charge in [0.1, 0.15) is 6.20 Å². The molecule has 0 spiro atoms. The van der Waals surface area contributed by atoms with E-state index in [2.05, 4.69) is 38.3 Å². The van der Waals surface area contributed by atoms with Crippen molar-refractivity contribution in [3.05, 3.63) is 12.4 Å². The second-order valence-electron chi connectivity index (χ2n) is 3.40. The zero-order chi connectivity index (χ0) is 7.61. The van der Waals surface area contributed by atoms with E-state index in [1.165, 1.54) is 13.0 Å². The fourth-order valence-electron chi connectivity index (χ4n) is 1.53. The van der Waals surface area contributed by atoms with E-state index in [9.17, 15) is 0 Å². The van der Waals surface area contributed by atoms with Crippen molar-refractivity contribution >= 4 is 0 Å². The topological polar surface area (TPSA) is 3.24 Å². The second-order valence-corrected chi connectivity index (χ2v) is 3.40. The van der Waals surface area contributed by atoms with Gasteiger partial charge in [-0.25, -0.2) is 0 Å². The van der Waals surface area contributed by atoms with Gasteiger partial charge >= 0.3 is 0 Å². The van der Waals surface area contributed by atoms with Gasteiger partial charge in [-0.3, -0.25) is 4.48 Å². The molecule has 0 radical (unpaired) electrons. The SMILES string of the molecule is CCC[N+]1(C)C=CN(C)C1. The molecule has 0 amide bonds. The van der Waals surface area contributed by atoms with Crippen molar-refractivity contribution in [1.82, 2.24) is 4.90 Å². The van der Waals surface area contributed by atoms with E-state index in [1.807, 2.05) is 0 Å². The summed E-state index contributed by atoms with van der Waals surface area (Å²) < 4.78 is 1.08. The highest BCUT2D eigenvalue weighted by Gasteiger charge is 2.23. The molecule has 0 N–H and O–H groups in total. The molecule has 1 aliphatic heterocycles. The predicted molar refractivity (Wildman–Crippen MR) is 43.1 cm³/mol. The van der Waals surface area contributed by atoms with Crippen LogP contribution in [0.3, 0.4) is 0 Å². The summed E-state index contributed by atoms with van der Waals surface area (Å²) in [5.41, 5.74) is 0. The van der Waals surface area contributed by atoms with Crippen LogP contribution in [-0.2, 0) is 0 Å². The van der Waals surface area contributed by atoms with Gasteiger partial charge in [-0.2, -0.15) is 0 Å². The van der Waals surface area contributed by atoms with Crippen molar-refractivity contribution in [3.63, 3.8) is 0 Å².